The fourth-order valence-electron chi connectivity index (χ4n) is 0.977. The fraction of sp³-hybridized carbons (Fsp3) is 0.375. The van der Waals surface area contributed by atoms with Gasteiger partial charge in [0.2, 0.25) is 5.88 Å². The van der Waals surface area contributed by atoms with E-state index in [1.807, 2.05) is 0 Å². The number of hydrogen-bond acceptors (Lipinski definition) is 3. The topological polar surface area (TPSA) is 48.1 Å². The molecule has 0 aliphatic carbocycles. The molecule has 14 heavy (non-hydrogen) atoms. The molecule has 0 amide bonds. The van der Waals surface area contributed by atoms with Gasteiger partial charge in [0, 0.05) is 12.1 Å². The average Bonchev–Trinajstić information content (AvgIpc) is 2.17. The molecule has 0 radical (unpaired) electrons. The normalized spacial score (nSPS) is 10.7. The van der Waals surface area contributed by atoms with Crippen molar-refractivity contribution >= 4 is 11.6 Å². The number of pyridine rings is 1. The maximum Gasteiger partial charge on any atom is 0.265 e. The van der Waals surface area contributed by atoms with E-state index in [2.05, 4.69) is 4.98 Å². The summed E-state index contributed by atoms with van der Waals surface area (Å²) in [6, 6.07) is 1.18. The first-order chi connectivity index (χ1) is 6.60. The number of halogens is 3. The fourth-order valence-corrected chi connectivity index (χ4v) is 1.23. The Balaban J connectivity index is 3.27. The molecule has 78 valence electrons. The molecule has 0 atom stereocenters. The Hall–Kier alpha value is -0.940. The molecule has 0 bridgehead atoms. The van der Waals surface area contributed by atoms with Crippen LogP contribution in [0.25, 0.3) is 0 Å². The van der Waals surface area contributed by atoms with Gasteiger partial charge in [0.1, 0.15) is 5.02 Å². The summed E-state index contributed by atoms with van der Waals surface area (Å²) in [5.74, 6) is -0.0232. The number of aromatic nitrogens is 1. The van der Waals surface area contributed by atoms with Crippen LogP contribution >= 0.6 is 11.6 Å². The van der Waals surface area contributed by atoms with Crippen molar-refractivity contribution in [1.29, 1.82) is 0 Å². The van der Waals surface area contributed by atoms with Crippen molar-refractivity contribution in [3.05, 3.63) is 22.3 Å². The van der Waals surface area contributed by atoms with E-state index >= 15 is 0 Å². The molecule has 0 aromatic carbocycles. The summed E-state index contributed by atoms with van der Waals surface area (Å²) >= 11 is 5.62. The highest BCUT2D eigenvalue weighted by Gasteiger charge is 2.17. The molecule has 0 saturated heterocycles. The van der Waals surface area contributed by atoms with Gasteiger partial charge in [-0.2, -0.15) is 0 Å². The molecule has 1 heterocycles. The van der Waals surface area contributed by atoms with E-state index in [0.29, 0.717) is 5.69 Å². The minimum Gasteiger partial charge on any atom is -0.480 e. The highest BCUT2D eigenvalue weighted by molar-refractivity contribution is 6.32. The minimum atomic E-state index is -2.66. The first-order valence-corrected chi connectivity index (χ1v) is 4.19. The second kappa shape index (κ2) is 4.52. The summed E-state index contributed by atoms with van der Waals surface area (Å²) in [6.45, 7) is 0.0627. The zero-order valence-electron chi connectivity index (χ0n) is 7.43. The lowest BCUT2D eigenvalue weighted by Crippen LogP contribution is -2.04. The van der Waals surface area contributed by atoms with Gasteiger partial charge < -0.3 is 10.5 Å². The summed E-state index contributed by atoms with van der Waals surface area (Å²) in [5, 5.41) is -0.167. The van der Waals surface area contributed by atoms with Crippen molar-refractivity contribution < 1.29 is 13.5 Å². The van der Waals surface area contributed by atoms with Gasteiger partial charge in [-0.1, -0.05) is 11.6 Å². The summed E-state index contributed by atoms with van der Waals surface area (Å²) in [6.07, 6.45) is -2.66. The Kier molecular flexibility index (Phi) is 3.60. The minimum absolute atomic E-state index is 0.0232. The van der Waals surface area contributed by atoms with E-state index in [9.17, 15) is 8.78 Å². The molecule has 0 spiro atoms. The van der Waals surface area contributed by atoms with Crippen molar-refractivity contribution in [1.82, 2.24) is 4.98 Å². The van der Waals surface area contributed by atoms with Crippen molar-refractivity contribution in [3.63, 3.8) is 0 Å². The highest BCUT2D eigenvalue weighted by atomic mass is 35.5. The Labute approximate surface area is 84.8 Å². The predicted octanol–water partition coefficient (Wildman–Crippen LogP) is 2.14. The van der Waals surface area contributed by atoms with E-state index < -0.39 is 6.43 Å². The molecule has 0 aliphatic heterocycles. The zero-order chi connectivity index (χ0) is 10.7. The molecule has 0 saturated carbocycles. The van der Waals surface area contributed by atoms with Crippen molar-refractivity contribution in [2.75, 3.05) is 7.11 Å². The monoisotopic (exact) mass is 222 g/mol. The van der Waals surface area contributed by atoms with Gasteiger partial charge in [0.05, 0.1) is 12.8 Å². The van der Waals surface area contributed by atoms with E-state index in [-0.39, 0.29) is 23.0 Å². The summed E-state index contributed by atoms with van der Waals surface area (Å²) in [5.41, 5.74) is 5.30. The predicted molar refractivity (Wildman–Crippen MR) is 48.6 cm³/mol. The highest BCUT2D eigenvalue weighted by Crippen LogP contribution is 2.33. The van der Waals surface area contributed by atoms with Gasteiger partial charge >= 0.3 is 0 Å². The third-order valence-electron chi connectivity index (χ3n) is 1.65. The van der Waals surface area contributed by atoms with Gasteiger partial charge in [-0.25, -0.2) is 13.8 Å². The molecular weight excluding hydrogens is 214 g/mol. The average molecular weight is 223 g/mol. The maximum atomic E-state index is 12.5. The number of ether oxygens (including phenoxy) is 1. The quantitative estimate of drug-likeness (QED) is 0.853. The molecule has 0 fully saturated rings. The van der Waals surface area contributed by atoms with Crippen LogP contribution < -0.4 is 10.5 Å². The molecule has 0 aliphatic rings. The molecule has 1 rings (SSSR count). The Morgan fingerprint density at radius 2 is 2.29 bits per heavy atom. The lowest BCUT2D eigenvalue weighted by molar-refractivity contribution is 0.150. The third-order valence-corrected chi connectivity index (χ3v) is 2.03. The van der Waals surface area contributed by atoms with Crippen LogP contribution in [0.2, 0.25) is 5.02 Å². The molecule has 1 aromatic heterocycles. The van der Waals surface area contributed by atoms with Crippen molar-refractivity contribution in [3.8, 4) is 5.88 Å². The van der Waals surface area contributed by atoms with Crippen LogP contribution in [-0.2, 0) is 6.54 Å². The second-order valence-electron chi connectivity index (χ2n) is 2.53. The summed E-state index contributed by atoms with van der Waals surface area (Å²) in [4.78, 5) is 3.84. The van der Waals surface area contributed by atoms with Gasteiger partial charge in [0.15, 0.2) is 0 Å². The van der Waals surface area contributed by atoms with E-state index in [1.165, 1.54) is 13.2 Å². The van der Waals surface area contributed by atoms with Crippen molar-refractivity contribution in [2.24, 2.45) is 5.73 Å². The first kappa shape index (κ1) is 11.1. The van der Waals surface area contributed by atoms with E-state index in [0.717, 1.165) is 0 Å². The van der Waals surface area contributed by atoms with Crippen LogP contribution in [0.15, 0.2) is 6.07 Å². The standard InChI is InChI=1S/C8H9ClF2N2O/c1-14-8-6(9)5(7(10)11)2-4(3-12)13-8/h2,7H,3,12H2,1H3. The molecule has 1 aromatic rings. The van der Waals surface area contributed by atoms with Crippen LogP contribution in [0.3, 0.4) is 0 Å². The lowest BCUT2D eigenvalue weighted by Gasteiger charge is -2.09. The van der Waals surface area contributed by atoms with Crippen LogP contribution in [-0.4, -0.2) is 12.1 Å². The SMILES string of the molecule is COc1nc(CN)cc(C(F)F)c1Cl. The number of nitrogens with two attached hydrogens (primary N) is 1. The van der Waals surface area contributed by atoms with E-state index in [1.54, 1.807) is 0 Å². The lowest BCUT2D eigenvalue weighted by atomic mass is 10.2. The molecular formula is C8H9ClF2N2O. The summed E-state index contributed by atoms with van der Waals surface area (Å²) in [7, 11) is 1.31. The van der Waals surface area contributed by atoms with Crippen LogP contribution in [0.5, 0.6) is 5.88 Å². The number of methoxy groups -OCH3 is 1. The Bertz CT molecular complexity index is 333. The second-order valence-corrected chi connectivity index (χ2v) is 2.91. The largest absolute Gasteiger partial charge is 0.480 e. The maximum absolute atomic E-state index is 12.5. The van der Waals surface area contributed by atoms with E-state index in [4.69, 9.17) is 22.1 Å². The number of alkyl halides is 2. The molecule has 2 N–H and O–H groups in total. The number of nitrogens with zero attached hydrogens (tertiary/aromatic N) is 1. The van der Waals surface area contributed by atoms with Gasteiger partial charge in [-0.15, -0.1) is 0 Å². The van der Waals surface area contributed by atoms with Gasteiger partial charge in [0.25, 0.3) is 6.43 Å². The zero-order valence-corrected chi connectivity index (χ0v) is 8.18. The number of rotatable bonds is 3. The molecule has 0 unspecified atom stereocenters. The number of hydrogen-bond donors (Lipinski definition) is 1. The molecule has 3 nitrogen and oxygen atoms in total. The first-order valence-electron chi connectivity index (χ1n) is 3.81. The van der Waals surface area contributed by atoms with Crippen LogP contribution in [0, 0.1) is 0 Å². The van der Waals surface area contributed by atoms with Crippen LogP contribution in [0.1, 0.15) is 17.7 Å². The third kappa shape index (κ3) is 2.10. The van der Waals surface area contributed by atoms with Crippen molar-refractivity contribution in [2.45, 2.75) is 13.0 Å². The Morgan fingerprint density at radius 3 is 2.71 bits per heavy atom. The Morgan fingerprint density at radius 1 is 1.64 bits per heavy atom. The van der Waals surface area contributed by atoms with Gasteiger partial charge in [-0.3, -0.25) is 0 Å². The smallest absolute Gasteiger partial charge is 0.265 e. The summed E-state index contributed by atoms with van der Waals surface area (Å²) < 4.78 is 29.7. The molecule has 6 heteroatoms. The van der Waals surface area contributed by atoms with Gasteiger partial charge in [-0.05, 0) is 6.07 Å². The van der Waals surface area contributed by atoms with Crippen LogP contribution in [0.4, 0.5) is 8.78 Å².